The maximum absolute atomic E-state index is 6.30. The van der Waals surface area contributed by atoms with E-state index in [0.29, 0.717) is 6.61 Å². The second kappa shape index (κ2) is 5.38. The zero-order valence-corrected chi connectivity index (χ0v) is 12.0. The second-order valence-electron chi connectivity index (χ2n) is 5.20. The molecule has 20 heavy (non-hydrogen) atoms. The van der Waals surface area contributed by atoms with Crippen molar-refractivity contribution in [3.63, 3.8) is 0 Å². The molecule has 2 atom stereocenters. The fraction of sp³-hybridized carbons (Fsp3) is 0.438. The molecule has 2 aromatic rings. The van der Waals surface area contributed by atoms with E-state index < -0.39 is 0 Å². The van der Waals surface area contributed by atoms with Gasteiger partial charge < -0.3 is 10.5 Å². The number of likely N-dealkylation sites (N-methyl/N-ethyl adjacent to an activating group) is 1. The lowest BCUT2D eigenvalue weighted by Gasteiger charge is -2.38. The van der Waals surface area contributed by atoms with Crippen LogP contribution in [0.1, 0.15) is 25.5 Å². The van der Waals surface area contributed by atoms with Crippen LogP contribution in [-0.2, 0) is 0 Å². The van der Waals surface area contributed by atoms with Gasteiger partial charge in [0.2, 0.25) is 0 Å². The number of rotatable bonds is 3. The third-order valence-corrected chi connectivity index (χ3v) is 4.11. The Morgan fingerprint density at radius 1 is 1.30 bits per heavy atom. The molecule has 1 aromatic carbocycles. The van der Waals surface area contributed by atoms with Gasteiger partial charge in [-0.05, 0) is 19.2 Å². The van der Waals surface area contributed by atoms with E-state index in [4.69, 9.17) is 10.5 Å². The fourth-order valence-electron chi connectivity index (χ4n) is 3.10. The van der Waals surface area contributed by atoms with Gasteiger partial charge in [-0.3, -0.25) is 9.88 Å². The van der Waals surface area contributed by atoms with Crippen LogP contribution >= 0.6 is 0 Å². The first-order valence-corrected chi connectivity index (χ1v) is 7.26. The van der Waals surface area contributed by atoms with Gasteiger partial charge in [-0.2, -0.15) is 0 Å². The largest absolute Gasteiger partial charge is 0.489 e. The topological polar surface area (TPSA) is 51.4 Å². The van der Waals surface area contributed by atoms with E-state index in [1.54, 1.807) is 0 Å². The Kier molecular flexibility index (Phi) is 3.59. The van der Waals surface area contributed by atoms with Crippen molar-refractivity contribution in [2.24, 2.45) is 5.73 Å². The molecular formula is C16H21N3O. The zero-order chi connectivity index (χ0) is 14.1. The molecule has 0 fully saturated rings. The van der Waals surface area contributed by atoms with Gasteiger partial charge >= 0.3 is 0 Å². The highest BCUT2D eigenvalue weighted by molar-refractivity contribution is 5.86. The maximum Gasteiger partial charge on any atom is 0.150 e. The van der Waals surface area contributed by atoms with Gasteiger partial charge in [-0.25, -0.2) is 0 Å². The molecule has 0 saturated heterocycles. The molecule has 3 rings (SSSR count). The van der Waals surface area contributed by atoms with Crippen LogP contribution < -0.4 is 10.5 Å². The quantitative estimate of drug-likeness (QED) is 0.931. The molecule has 2 N–H and O–H groups in total. The summed E-state index contributed by atoms with van der Waals surface area (Å²) in [6.07, 6.45) is 1.81. The average Bonchev–Trinajstić information content (AvgIpc) is 2.50. The van der Waals surface area contributed by atoms with Crippen molar-refractivity contribution in [1.29, 1.82) is 0 Å². The first-order valence-electron chi connectivity index (χ1n) is 7.26. The van der Waals surface area contributed by atoms with Crippen LogP contribution in [0, 0.1) is 0 Å². The standard InChI is InChI=1S/C16H21N3O/c1-3-19(4-2)15-12-8-7-11-6-5-9-18-14(11)16(12)20-10-13(15)17/h5-9,13,15H,3-4,10,17H2,1-2H3. The zero-order valence-electron chi connectivity index (χ0n) is 12.0. The minimum atomic E-state index is 0.00330. The van der Waals surface area contributed by atoms with Crippen LogP contribution in [0.3, 0.4) is 0 Å². The monoisotopic (exact) mass is 271 g/mol. The summed E-state index contributed by atoms with van der Waals surface area (Å²) < 4.78 is 5.90. The molecule has 2 unspecified atom stereocenters. The number of fused-ring (bicyclic) bond motifs is 3. The van der Waals surface area contributed by atoms with Crippen molar-refractivity contribution in [2.45, 2.75) is 25.9 Å². The van der Waals surface area contributed by atoms with Crippen LogP contribution in [0.2, 0.25) is 0 Å². The van der Waals surface area contributed by atoms with Crippen LogP contribution in [0.5, 0.6) is 5.75 Å². The van der Waals surface area contributed by atoms with E-state index in [9.17, 15) is 0 Å². The van der Waals surface area contributed by atoms with Crippen molar-refractivity contribution in [1.82, 2.24) is 9.88 Å². The van der Waals surface area contributed by atoms with Gasteiger partial charge in [0.25, 0.3) is 0 Å². The number of nitrogens with zero attached hydrogens (tertiary/aromatic N) is 2. The molecule has 106 valence electrons. The summed E-state index contributed by atoms with van der Waals surface area (Å²) in [5.41, 5.74) is 8.41. The predicted octanol–water partition coefficient (Wildman–Crippen LogP) is 2.34. The summed E-state index contributed by atoms with van der Waals surface area (Å²) in [5.74, 6) is 0.904. The van der Waals surface area contributed by atoms with Gasteiger partial charge in [0.05, 0.1) is 12.1 Å². The summed E-state index contributed by atoms with van der Waals surface area (Å²) in [4.78, 5) is 6.87. The molecule has 0 spiro atoms. The summed E-state index contributed by atoms with van der Waals surface area (Å²) in [6, 6.07) is 8.47. The second-order valence-corrected chi connectivity index (χ2v) is 5.20. The molecule has 0 saturated carbocycles. The number of hydrogen-bond acceptors (Lipinski definition) is 4. The summed E-state index contributed by atoms with van der Waals surface area (Å²) in [7, 11) is 0. The Hall–Kier alpha value is -1.65. The van der Waals surface area contributed by atoms with Gasteiger partial charge in [0.1, 0.15) is 17.9 Å². The highest BCUT2D eigenvalue weighted by Crippen LogP contribution is 2.39. The minimum Gasteiger partial charge on any atom is -0.489 e. The van der Waals surface area contributed by atoms with E-state index in [-0.39, 0.29) is 12.1 Å². The number of pyridine rings is 1. The normalized spacial score (nSPS) is 21.8. The lowest BCUT2D eigenvalue weighted by molar-refractivity contribution is 0.130. The van der Waals surface area contributed by atoms with Gasteiger partial charge in [-0.15, -0.1) is 0 Å². The molecule has 0 bridgehead atoms. The van der Waals surface area contributed by atoms with Crippen LogP contribution in [0.25, 0.3) is 10.9 Å². The molecule has 2 heterocycles. The third-order valence-electron chi connectivity index (χ3n) is 4.11. The number of ether oxygens (including phenoxy) is 1. The number of nitrogens with two attached hydrogens (primary N) is 1. The highest BCUT2D eigenvalue weighted by atomic mass is 16.5. The Labute approximate surface area is 119 Å². The maximum atomic E-state index is 6.30. The van der Waals surface area contributed by atoms with Gasteiger partial charge in [0, 0.05) is 17.1 Å². The van der Waals surface area contributed by atoms with E-state index in [1.165, 1.54) is 5.56 Å². The predicted molar refractivity (Wildman–Crippen MR) is 80.9 cm³/mol. The third kappa shape index (κ3) is 2.05. The minimum absolute atomic E-state index is 0.00330. The molecule has 1 aromatic heterocycles. The first-order chi connectivity index (χ1) is 9.76. The molecule has 0 aliphatic carbocycles. The van der Waals surface area contributed by atoms with Gasteiger partial charge in [-0.1, -0.05) is 32.0 Å². The van der Waals surface area contributed by atoms with E-state index in [2.05, 4.69) is 41.9 Å². The SMILES string of the molecule is CCN(CC)C1c2ccc3cccnc3c2OCC1N. The van der Waals surface area contributed by atoms with Crippen molar-refractivity contribution >= 4 is 10.9 Å². The lowest BCUT2D eigenvalue weighted by Crippen LogP contribution is -2.46. The lowest BCUT2D eigenvalue weighted by atomic mass is 9.93. The molecule has 4 nitrogen and oxygen atoms in total. The highest BCUT2D eigenvalue weighted by Gasteiger charge is 2.33. The molecule has 1 aliphatic rings. The van der Waals surface area contributed by atoms with Crippen molar-refractivity contribution in [3.8, 4) is 5.75 Å². The number of benzene rings is 1. The Morgan fingerprint density at radius 3 is 2.85 bits per heavy atom. The number of aromatic nitrogens is 1. The smallest absolute Gasteiger partial charge is 0.150 e. The number of hydrogen-bond donors (Lipinski definition) is 1. The fourth-order valence-corrected chi connectivity index (χ4v) is 3.10. The molecule has 0 radical (unpaired) electrons. The van der Waals surface area contributed by atoms with Crippen molar-refractivity contribution in [3.05, 3.63) is 36.0 Å². The Bertz CT molecular complexity index is 610. The first kappa shape index (κ1) is 13.3. The molecule has 0 amide bonds. The van der Waals surface area contributed by atoms with Crippen LogP contribution in [0.15, 0.2) is 30.5 Å². The summed E-state index contributed by atoms with van der Waals surface area (Å²) in [5, 5.41) is 1.11. The van der Waals surface area contributed by atoms with Crippen molar-refractivity contribution < 1.29 is 4.74 Å². The van der Waals surface area contributed by atoms with Crippen LogP contribution in [-0.4, -0.2) is 35.6 Å². The Balaban J connectivity index is 2.16. The molecule has 1 aliphatic heterocycles. The van der Waals surface area contributed by atoms with Crippen molar-refractivity contribution in [2.75, 3.05) is 19.7 Å². The van der Waals surface area contributed by atoms with Gasteiger partial charge in [0.15, 0.2) is 0 Å². The average molecular weight is 271 g/mol. The summed E-state index contributed by atoms with van der Waals surface area (Å²) in [6.45, 7) is 6.85. The molecular weight excluding hydrogens is 250 g/mol. The Morgan fingerprint density at radius 2 is 2.10 bits per heavy atom. The molecule has 4 heteroatoms. The van der Waals surface area contributed by atoms with Crippen LogP contribution in [0.4, 0.5) is 0 Å². The van der Waals surface area contributed by atoms with E-state index in [0.717, 1.165) is 29.7 Å². The summed E-state index contributed by atoms with van der Waals surface area (Å²) >= 11 is 0. The van der Waals surface area contributed by atoms with E-state index >= 15 is 0 Å². The van der Waals surface area contributed by atoms with E-state index in [1.807, 2.05) is 12.3 Å².